The number of ketones is 1. The van der Waals surface area contributed by atoms with Crippen molar-refractivity contribution in [2.45, 2.75) is 6.42 Å². The largest absolute Gasteiger partial charge is 0.486 e. The van der Waals surface area contributed by atoms with Crippen molar-refractivity contribution in [2.24, 2.45) is 0 Å². The van der Waals surface area contributed by atoms with Crippen molar-refractivity contribution < 1.29 is 13.9 Å². The summed E-state index contributed by atoms with van der Waals surface area (Å²) >= 11 is 5.55. The van der Waals surface area contributed by atoms with Gasteiger partial charge in [0.2, 0.25) is 0 Å². The highest BCUT2D eigenvalue weighted by Gasteiger charge is 2.06. The Labute approximate surface area is 115 Å². The molecule has 0 atom stereocenters. The van der Waals surface area contributed by atoms with Crippen LogP contribution in [-0.4, -0.2) is 12.4 Å². The average Bonchev–Trinajstić information content (AvgIpc) is 2.41. The average molecular weight is 279 g/mol. The summed E-state index contributed by atoms with van der Waals surface area (Å²) in [6.07, 6.45) is 0.302. The third-order valence-corrected chi connectivity index (χ3v) is 2.84. The lowest BCUT2D eigenvalue weighted by molar-refractivity contribution is -0.120. The van der Waals surface area contributed by atoms with Crippen LogP contribution in [0.15, 0.2) is 48.5 Å². The fraction of sp³-hybridized carbons (Fsp3) is 0.133. The maximum absolute atomic E-state index is 13.2. The van der Waals surface area contributed by atoms with E-state index in [4.69, 9.17) is 16.3 Å². The lowest BCUT2D eigenvalue weighted by Crippen LogP contribution is -2.13. The first-order valence-corrected chi connectivity index (χ1v) is 6.16. The molecule has 2 rings (SSSR count). The van der Waals surface area contributed by atoms with Gasteiger partial charge >= 0.3 is 0 Å². The highest BCUT2D eigenvalue weighted by molar-refractivity contribution is 6.30. The van der Waals surface area contributed by atoms with Gasteiger partial charge in [-0.1, -0.05) is 41.9 Å². The van der Waals surface area contributed by atoms with Crippen molar-refractivity contribution in [1.82, 2.24) is 0 Å². The third kappa shape index (κ3) is 4.07. The van der Waals surface area contributed by atoms with E-state index in [-0.39, 0.29) is 17.4 Å². The lowest BCUT2D eigenvalue weighted by atomic mass is 10.1. The molecule has 4 heteroatoms. The summed E-state index contributed by atoms with van der Waals surface area (Å²) in [5.74, 6) is -0.334. The Balaban J connectivity index is 1.88. The van der Waals surface area contributed by atoms with Crippen molar-refractivity contribution in [1.29, 1.82) is 0 Å². The molecule has 2 aromatic rings. The van der Waals surface area contributed by atoms with Crippen LogP contribution in [0, 0.1) is 5.82 Å². The van der Waals surface area contributed by atoms with Crippen LogP contribution in [0.4, 0.5) is 4.39 Å². The van der Waals surface area contributed by atoms with E-state index in [9.17, 15) is 9.18 Å². The molecule has 2 nitrogen and oxygen atoms in total. The smallest absolute Gasteiger partial charge is 0.174 e. The van der Waals surface area contributed by atoms with E-state index in [1.807, 2.05) is 30.3 Å². The minimum absolute atomic E-state index is 0.0305. The van der Waals surface area contributed by atoms with Gasteiger partial charge < -0.3 is 4.74 Å². The predicted molar refractivity (Wildman–Crippen MR) is 72.1 cm³/mol. The van der Waals surface area contributed by atoms with Crippen LogP contribution in [0.5, 0.6) is 5.75 Å². The molecule has 0 radical (unpaired) electrons. The van der Waals surface area contributed by atoms with Gasteiger partial charge in [-0.2, -0.15) is 0 Å². The van der Waals surface area contributed by atoms with E-state index in [0.717, 1.165) is 11.6 Å². The Hall–Kier alpha value is -1.87. The standard InChI is InChI=1S/C15H12ClFO2/c16-14-7-6-13(9-15(14)17)19-10-12(18)8-11-4-2-1-3-5-11/h1-7,9H,8,10H2. The zero-order valence-electron chi connectivity index (χ0n) is 10.1. The van der Waals surface area contributed by atoms with Crippen LogP contribution in [-0.2, 0) is 11.2 Å². The number of rotatable bonds is 5. The molecule has 0 saturated carbocycles. The Morgan fingerprint density at radius 1 is 1.16 bits per heavy atom. The van der Waals surface area contributed by atoms with E-state index < -0.39 is 5.82 Å². The fourth-order valence-corrected chi connectivity index (χ4v) is 1.72. The number of hydrogen-bond donors (Lipinski definition) is 0. The number of benzene rings is 2. The molecule has 0 unspecified atom stereocenters. The predicted octanol–water partition coefficient (Wildman–Crippen LogP) is 3.67. The highest BCUT2D eigenvalue weighted by atomic mass is 35.5. The first-order chi connectivity index (χ1) is 9.15. The SMILES string of the molecule is O=C(COc1ccc(Cl)c(F)c1)Cc1ccccc1. The molecule has 0 aliphatic carbocycles. The lowest BCUT2D eigenvalue weighted by Gasteiger charge is -2.06. The summed E-state index contributed by atoms with van der Waals surface area (Å²) in [7, 11) is 0. The highest BCUT2D eigenvalue weighted by Crippen LogP contribution is 2.20. The van der Waals surface area contributed by atoms with Gasteiger partial charge in [0, 0.05) is 12.5 Å². The second-order valence-corrected chi connectivity index (χ2v) is 4.47. The maximum atomic E-state index is 13.2. The van der Waals surface area contributed by atoms with Gasteiger partial charge in [0.1, 0.15) is 18.2 Å². The van der Waals surface area contributed by atoms with Crippen molar-refractivity contribution in [2.75, 3.05) is 6.61 Å². The summed E-state index contributed by atoms with van der Waals surface area (Å²) in [4.78, 5) is 11.7. The molecule has 0 aliphatic rings. The van der Waals surface area contributed by atoms with Crippen LogP contribution < -0.4 is 4.74 Å². The van der Waals surface area contributed by atoms with Crippen molar-refractivity contribution >= 4 is 17.4 Å². The summed E-state index contributed by atoms with van der Waals surface area (Å²) in [5, 5.41) is 0.0305. The van der Waals surface area contributed by atoms with Gasteiger partial charge in [0.05, 0.1) is 5.02 Å². The molecule has 0 aliphatic heterocycles. The zero-order chi connectivity index (χ0) is 13.7. The zero-order valence-corrected chi connectivity index (χ0v) is 10.9. The third-order valence-electron chi connectivity index (χ3n) is 2.54. The van der Waals surface area contributed by atoms with E-state index in [1.54, 1.807) is 0 Å². The van der Waals surface area contributed by atoms with Crippen LogP contribution in [0.2, 0.25) is 5.02 Å². The molecular weight excluding hydrogens is 267 g/mol. The molecule has 0 heterocycles. The van der Waals surface area contributed by atoms with Gasteiger partial charge in [0.25, 0.3) is 0 Å². The molecular formula is C15H12ClFO2. The second-order valence-electron chi connectivity index (χ2n) is 4.07. The molecule has 19 heavy (non-hydrogen) atoms. The quantitative estimate of drug-likeness (QED) is 0.834. The number of hydrogen-bond acceptors (Lipinski definition) is 2. The van der Waals surface area contributed by atoms with E-state index in [1.165, 1.54) is 12.1 Å². The molecule has 0 bridgehead atoms. The molecule has 0 aromatic heterocycles. The molecule has 0 saturated heterocycles. The maximum Gasteiger partial charge on any atom is 0.174 e. The minimum Gasteiger partial charge on any atom is -0.486 e. The second kappa shape index (κ2) is 6.34. The summed E-state index contributed by atoms with van der Waals surface area (Å²) in [6.45, 7) is -0.0873. The summed E-state index contributed by atoms with van der Waals surface area (Å²) < 4.78 is 18.4. The molecule has 0 amide bonds. The molecule has 0 N–H and O–H groups in total. The van der Waals surface area contributed by atoms with Gasteiger partial charge in [-0.25, -0.2) is 4.39 Å². The normalized spacial score (nSPS) is 10.2. The van der Waals surface area contributed by atoms with Crippen LogP contribution in [0.25, 0.3) is 0 Å². The van der Waals surface area contributed by atoms with Gasteiger partial charge in [0.15, 0.2) is 5.78 Å². The topological polar surface area (TPSA) is 26.3 Å². The van der Waals surface area contributed by atoms with Crippen molar-refractivity contribution in [3.8, 4) is 5.75 Å². The molecule has 98 valence electrons. The van der Waals surface area contributed by atoms with Gasteiger partial charge in [-0.05, 0) is 17.7 Å². The van der Waals surface area contributed by atoms with E-state index >= 15 is 0 Å². The number of carbonyl (C=O) groups is 1. The summed E-state index contributed by atoms with van der Waals surface area (Å²) in [6, 6.07) is 13.5. The fourth-order valence-electron chi connectivity index (χ4n) is 1.61. The number of carbonyl (C=O) groups excluding carboxylic acids is 1. The van der Waals surface area contributed by atoms with Crippen LogP contribution in [0.3, 0.4) is 0 Å². The van der Waals surface area contributed by atoms with E-state index in [0.29, 0.717) is 12.2 Å². The first-order valence-electron chi connectivity index (χ1n) is 5.78. The Morgan fingerprint density at radius 2 is 1.89 bits per heavy atom. The molecule has 0 fully saturated rings. The Kier molecular flexibility index (Phi) is 4.53. The van der Waals surface area contributed by atoms with Crippen LogP contribution >= 0.6 is 11.6 Å². The first kappa shape index (κ1) is 13.6. The van der Waals surface area contributed by atoms with E-state index in [2.05, 4.69) is 0 Å². The number of ether oxygens (including phenoxy) is 1. The summed E-state index contributed by atoms with van der Waals surface area (Å²) in [5.41, 5.74) is 0.929. The van der Waals surface area contributed by atoms with Gasteiger partial charge in [-0.3, -0.25) is 4.79 Å². The van der Waals surface area contributed by atoms with Crippen molar-refractivity contribution in [3.05, 3.63) is 64.9 Å². The molecule has 2 aromatic carbocycles. The monoisotopic (exact) mass is 278 g/mol. The van der Waals surface area contributed by atoms with Crippen molar-refractivity contribution in [3.63, 3.8) is 0 Å². The van der Waals surface area contributed by atoms with Crippen LogP contribution in [0.1, 0.15) is 5.56 Å². The number of halogens is 2. The Bertz CT molecular complexity index is 570. The number of Topliss-reactive ketones (excluding diaryl/α,β-unsaturated/α-hetero) is 1. The Morgan fingerprint density at radius 3 is 2.58 bits per heavy atom. The van der Waals surface area contributed by atoms with Gasteiger partial charge in [-0.15, -0.1) is 0 Å². The molecule has 0 spiro atoms. The minimum atomic E-state index is -0.560.